The van der Waals surface area contributed by atoms with E-state index in [1.165, 1.54) is 0 Å². The zero-order valence-corrected chi connectivity index (χ0v) is 15.8. The van der Waals surface area contributed by atoms with Crippen LogP contribution in [0.15, 0.2) is 24.8 Å². The molecule has 0 saturated carbocycles. The number of halogens is 4. The van der Waals surface area contributed by atoms with Crippen molar-refractivity contribution in [2.24, 2.45) is 0 Å². The van der Waals surface area contributed by atoms with Crippen LogP contribution in [-0.4, -0.2) is 39.0 Å². The van der Waals surface area contributed by atoms with Crippen LogP contribution < -0.4 is 0 Å². The molecule has 0 aliphatic heterocycles. The summed E-state index contributed by atoms with van der Waals surface area (Å²) < 4.78 is 3.65. The molecule has 0 radical (unpaired) electrons. The van der Waals surface area contributed by atoms with Gasteiger partial charge in [-0.2, -0.15) is 9.97 Å². The summed E-state index contributed by atoms with van der Waals surface area (Å²) >= 11 is 23.8. The molecule has 0 fully saturated rings. The van der Waals surface area contributed by atoms with E-state index in [0.29, 0.717) is 35.4 Å². The average molecular weight is 430 g/mol. The molecular formula is C14H8Cl4N8. The zero-order chi connectivity index (χ0) is 18.3. The summed E-state index contributed by atoms with van der Waals surface area (Å²) in [6.45, 7) is 1.06. The molecule has 0 bridgehead atoms. The van der Waals surface area contributed by atoms with Crippen molar-refractivity contribution in [2.75, 3.05) is 0 Å². The monoisotopic (exact) mass is 428 g/mol. The first kappa shape index (κ1) is 17.4. The molecule has 4 heterocycles. The Morgan fingerprint density at radius 1 is 0.692 bits per heavy atom. The largest absolute Gasteiger partial charge is 0.323 e. The second-order valence-electron chi connectivity index (χ2n) is 5.18. The van der Waals surface area contributed by atoms with Crippen molar-refractivity contribution in [2.45, 2.75) is 13.1 Å². The smallest absolute Gasteiger partial charge is 0.225 e. The highest BCUT2D eigenvalue weighted by Gasteiger charge is 2.11. The molecular weight excluding hydrogens is 422 g/mol. The molecule has 0 amide bonds. The topological polar surface area (TPSA) is 87.2 Å². The molecule has 0 aliphatic carbocycles. The third kappa shape index (κ3) is 3.21. The number of hydrogen-bond acceptors (Lipinski definition) is 6. The molecule has 0 atom stereocenters. The molecule has 0 aliphatic rings. The maximum Gasteiger partial charge on any atom is 0.225 e. The van der Waals surface area contributed by atoms with E-state index in [4.69, 9.17) is 46.4 Å². The van der Waals surface area contributed by atoms with E-state index < -0.39 is 0 Å². The predicted molar refractivity (Wildman–Crippen MR) is 99.8 cm³/mol. The van der Waals surface area contributed by atoms with Crippen molar-refractivity contribution in [3.8, 4) is 0 Å². The summed E-state index contributed by atoms with van der Waals surface area (Å²) in [6, 6.07) is 0. The summed E-state index contributed by atoms with van der Waals surface area (Å²) in [5, 5.41) is 0.642. The van der Waals surface area contributed by atoms with Crippen LogP contribution in [0.1, 0.15) is 0 Å². The number of hydrogen-bond donors (Lipinski definition) is 0. The van der Waals surface area contributed by atoms with Crippen molar-refractivity contribution in [3.05, 3.63) is 45.7 Å². The Hall–Kier alpha value is -2.00. The van der Waals surface area contributed by atoms with E-state index in [1.807, 2.05) is 21.3 Å². The molecule has 26 heavy (non-hydrogen) atoms. The van der Waals surface area contributed by atoms with Crippen molar-refractivity contribution in [1.82, 2.24) is 39.0 Å². The van der Waals surface area contributed by atoms with Gasteiger partial charge in [-0.3, -0.25) is 0 Å². The maximum atomic E-state index is 6.13. The number of rotatable bonds is 4. The van der Waals surface area contributed by atoms with Crippen LogP contribution in [0.5, 0.6) is 0 Å². The normalized spacial score (nSPS) is 12.0. The van der Waals surface area contributed by atoms with Crippen LogP contribution >= 0.6 is 46.4 Å². The zero-order valence-electron chi connectivity index (χ0n) is 12.8. The van der Waals surface area contributed by atoms with Crippen LogP contribution in [0, 0.1) is 0 Å². The average Bonchev–Trinajstić information content (AvgIpc) is 3.15. The van der Waals surface area contributed by atoms with E-state index in [1.54, 1.807) is 12.7 Å². The van der Waals surface area contributed by atoms with Crippen LogP contribution in [0.25, 0.3) is 22.3 Å². The van der Waals surface area contributed by atoms with Crippen LogP contribution in [0.4, 0.5) is 0 Å². The fourth-order valence-electron chi connectivity index (χ4n) is 2.47. The van der Waals surface area contributed by atoms with E-state index in [0.717, 1.165) is 0 Å². The van der Waals surface area contributed by atoms with Gasteiger partial charge in [0.15, 0.2) is 21.6 Å². The number of imidazole rings is 2. The lowest BCUT2D eigenvalue weighted by Crippen LogP contribution is -1.98. The Morgan fingerprint density at radius 2 is 1.12 bits per heavy atom. The molecule has 4 rings (SSSR count). The molecule has 132 valence electrons. The van der Waals surface area contributed by atoms with Gasteiger partial charge in [0.2, 0.25) is 10.6 Å². The second kappa shape index (κ2) is 6.96. The van der Waals surface area contributed by atoms with Gasteiger partial charge in [0.25, 0.3) is 0 Å². The molecule has 4 aromatic heterocycles. The lowest BCUT2D eigenvalue weighted by atomic mass is 10.4. The Kier molecular flexibility index (Phi) is 4.66. The van der Waals surface area contributed by atoms with E-state index in [9.17, 15) is 0 Å². The highest BCUT2D eigenvalue weighted by atomic mass is 35.5. The summed E-state index contributed by atoms with van der Waals surface area (Å²) in [5.41, 5.74) is 2.15. The minimum atomic E-state index is 0.0643. The Morgan fingerprint density at radius 3 is 1.54 bits per heavy atom. The predicted octanol–water partition coefficient (Wildman–Crippen LogP) is 3.84. The van der Waals surface area contributed by atoms with Gasteiger partial charge in [-0.15, -0.1) is 0 Å². The number of nitrogens with zero attached hydrogens (tertiary/aromatic N) is 8. The third-order valence-electron chi connectivity index (χ3n) is 3.58. The molecule has 0 spiro atoms. The molecule has 0 aromatic carbocycles. The van der Waals surface area contributed by atoms with Crippen molar-refractivity contribution >= 4 is 68.7 Å². The SMILES string of the molecule is Clc1nc(Cl)c2c(ncn2C/C=C\Cn2cnc3nc(Cl)nc(Cl)c32)n1. The van der Waals surface area contributed by atoms with Crippen LogP contribution in [0.3, 0.4) is 0 Å². The van der Waals surface area contributed by atoms with Gasteiger partial charge in [0.1, 0.15) is 11.0 Å². The second-order valence-corrected chi connectivity index (χ2v) is 6.57. The lowest BCUT2D eigenvalue weighted by molar-refractivity contribution is 0.815. The summed E-state index contributed by atoms with van der Waals surface area (Å²) in [7, 11) is 0. The number of allylic oxidation sites excluding steroid dienone is 2. The molecule has 0 N–H and O–H groups in total. The highest BCUT2D eigenvalue weighted by molar-refractivity contribution is 6.35. The third-order valence-corrected chi connectivity index (χ3v) is 4.44. The van der Waals surface area contributed by atoms with Gasteiger partial charge < -0.3 is 9.13 Å². The first-order valence-corrected chi connectivity index (χ1v) is 8.77. The molecule has 4 aromatic rings. The van der Waals surface area contributed by atoms with Gasteiger partial charge >= 0.3 is 0 Å². The van der Waals surface area contributed by atoms with E-state index >= 15 is 0 Å². The fraction of sp³-hybridized carbons (Fsp3) is 0.143. The van der Waals surface area contributed by atoms with Gasteiger partial charge in [-0.25, -0.2) is 19.9 Å². The van der Waals surface area contributed by atoms with Crippen molar-refractivity contribution in [3.63, 3.8) is 0 Å². The molecule has 0 unspecified atom stereocenters. The fourth-order valence-corrected chi connectivity index (χ4v) is 3.44. The minimum absolute atomic E-state index is 0.0643. The van der Waals surface area contributed by atoms with Gasteiger partial charge in [-0.05, 0) is 23.2 Å². The standard InChI is InChI=1S/C14H8Cl4N8/c15-9-7-11(23-13(17)21-9)19-5-25(7)3-1-2-4-26-6-20-12-8(26)10(16)22-14(18)24-12/h1-2,5-6H,3-4H2/b2-1-. The van der Waals surface area contributed by atoms with Gasteiger partial charge in [-0.1, -0.05) is 35.4 Å². The van der Waals surface area contributed by atoms with Gasteiger partial charge in [0.05, 0.1) is 12.7 Å². The van der Waals surface area contributed by atoms with E-state index in [-0.39, 0.29) is 20.9 Å². The molecule has 12 heteroatoms. The Balaban J connectivity index is 1.54. The molecule has 0 saturated heterocycles. The summed E-state index contributed by atoms with van der Waals surface area (Å²) in [5.74, 6) is 0. The van der Waals surface area contributed by atoms with Crippen LogP contribution in [-0.2, 0) is 13.1 Å². The maximum absolute atomic E-state index is 6.13. The molecule has 8 nitrogen and oxygen atoms in total. The van der Waals surface area contributed by atoms with Crippen molar-refractivity contribution in [1.29, 1.82) is 0 Å². The Bertz CT molecular complexity index is 1060. The van der Waals surface area contributed by atoms with Gasteiger partial charge in [0, 0.05) is 13.1 Å². The Labute approximate surface area is 166 Å². The van der Waals surface area contributed by atoms with Crippen molar-refractivity contribution < 1.29 is 0 Å². The summed E-state index contributed by atoms with van der Waals surface area (Å²) in [4.78, 5) is 24.3. The summed E-state index contributed by atoms with van der Waals surface area (Å²) in [6.07, 6.45) is 7.15. The van der Waals surface area contributed by atoms with Crippen LogP contribution in [0.2, 0.25) is 20.9 Å². The lowest BCUT2D eigenvalue weighted by Gasteiger charge is -2.03. The first-order chi connectivity index (χ1) is 12.5. The van der Waals surface area contributed by atoms with E-state index in [2.05, 4.69) is 29.9 Å². The highest BCUT2D eigenvalue weighted by Crippen LogP contribution is 2.22. The first-order valence-electron chi connectivity index (χ1n) is 7.25. The number of fused-ring (bicyclic) bond motifs is 2. The quantitative estimate of drug-likeness (QED) is 0.278. The number of aromatic nitrogens is 8. The minimum Gasteiger partial charge on any atom is -0.323 e.